The lowest BCUT2D eigenvalue weighted by atomic mass is 10.2. The first-order valence-corrected chi connectivity index (χ1v) is 5.49. The largest absolute Gasteiger partial charge is 0.368 e. The minimum atomic E-state index is -0.407. The first kappa shape index (κ1) is 12.0. The first-order valence-electron chi connectivity index (χ1n) is 5.49. The van der Waals surface area contributed by atoms with E-state index in [2.05, 4.69) is 15.4 Å². The summed E-state index contributed by atoms with van der Waals surface area (Å²) < 4.78 is 1.77. The summed E-state index contributed by atoms with van der Waals surface area (Å²) >= 11 is 0. The fourth-order valence-electron chi connectivity index (χ4n) is 1.54. The molecule has 0 aliphatic rings. The Hall–Kier alpha value is -2.44. The van der Waals surface area contributed by atoms with E-state index in [1.807, 2.05) is 12.3 Å². The minimum absolute atomic E-state index is 0.0755. The van der Waals surface area contributed by atoms with Gasteiger partial charge in [-0.05, 0) is 13.0 Å². The Kier molecular flexibility index (Phi) is 3.52. The van der Waals surface area contributed by atoms with Crippen molar-refractivity contribution in [2.24, 2.45) is 0 Å². The summed E-state index contributed by atoms with van der Waals surface area (Å²) in [6, 6.07) is 3.29. The third-order valence-corrected chi connectivity index (χ3v) is 2.48. The number of rotatable bonds is 5. The number of nitrogens with zero attached hydrogens (tertiary/aromatic N) is 4. The van der Waals surface area contributed by atoms with E-state index >= 15 is 0 Å². The lowest BCUT2D eigenvalue weighted by Crippen LogP contribution is -2.11. The number of aryl methyl sites for hydroxylation is 1. The zero-order chi connectivity index (χ0) is 13.0. The van der Waals surface area contributed by atoms with E-state index in [-0.39, 0.29) is 5.69 Å². The second-order valence-corrected chi connectivity index (χ2v) is 3.81. The molecule has 94 valence electrons. The van der Waals surface area contributed by atoms with Crippen molar-refractivity contribution in [3.63, 3.8) is 0 Å². The van der Waals surface area contributed by atoms with Gasteiger partial charge in [0.1, 0.15) is 5.82 Å². The average molecular weight is 247 g/mol. The van der Waals surface area contributed by atoms with Crippen molar-refractivity contribution in [2.75, 3.05) is 11.9 Å². The molecule has 1 N–H and O–H groups in total. The van der Waals surface area contributed by atoms with Crippen molar-refractivity contribution in [3.8, 4) is 0 Å². The SMILES string of the molecule is Cc1cnc(NCCn2cccn2)cc1[N+](=O)[O-]. The van der Waals surface area contributed by atoms with Gasteiger partial charge in [-0.15, -0.1) is 0 Å². The molecule has 0 bridgehead atoms. The van der Waals surface area contributed by atoms with E-state index in [0.29, 0.717) is 24.5 Å². The quantitative estimate of drug-likeness (QED) is 0.640. The van der Waals surface area contributed by atoms with Crippen LogP contribution in [-0.2, 0) is 6.54 Å². The van der Waals surface area contributed by atoms with Gasteiger partial charge in [0.2, 0.25) is 0 Å². The summed E-state index contributed by atoms with van der Waals surface area (Å²) in [4.78, 5) is 14.5. The van der Waals surface area contributed by atoms with Crippen molar-refractivity contribution in [3.05, 3.63) is 46.4 Å². The molecule has 7 nitrogen and oxygen atoms in total. The lowest BCUT2D eigenvalue weighted by Gasteiger charge is -2.06. The molecule has 0 aliphatic heterocycles. The van der Waals surface area contributed by atoms with Crippen LogP contribution in [0.2, 0.25) is 0 Å². The number of hydrogen-bond acceptors (Lipinski definition) is 5. The minimum Gasteiger partial charge on any atom is -0.368 e. The molecule has 2 rings (SSSR count). The van der Waals surface area contributed by atoms with Gasteiger partial charge in [0.15, 0.2) is 0 Å². The van der Waals surface area contributed by atoms with Crippen LogP contribution in [0, 0.1) is 17.0 Å². The van der Waals surface area contributed by atoms with E-state index in [1.165, 1.54) is 12.3 Å². The first-order chi connectivity index (χ1) is 8.66. The van der Waals surface area contributed by atoms with Gasteiger partial charge in [0.05, 0.1) is 17.5 Å². The van der Waals surface area contributed by atoms with Gasteiger partial charge in [0, 0.05) is 30.7 Å². The van der Waals surface area contributed by atoms with E-state index < -0.39 is 4.92 Å². The van der Waals surface area contributed by atoms with Crippen LogP contribution in [0.15, 0.2) is 30.7 Å². The van der Waals surface area contributed by atoms with Crippen LogP contribution in [0.5, 0.6) is 0 Å². The zero-order valence-electron chi connectivity index (χ0n) is 9.91. The van der Waals surface area contributed by atoms with Crippen LogP contribution >= 0.6 is 0 Å². The number of nitrogens with one attached hydrogen (secondary N) is 1. The van der Waals surface area contributed by atoms with E-state index in [0.717, 1.165) is 0 Å². The molecular weight excluding hydrogens is 234 g/mol. The summed E-state index contributed by atoms with van der Waals surface area (Å²) in [6.07, 6.45) is 5.05. The van der Waals surface area contributed by atoms with Crippen molar-refractivity contribution in [2.45, 2.75) is 13.5 Å². The van der Waals surface area contributed by atoms with Gasteiger partial charge in [-0.25, -0.2) is 4.98 Å². The average Bonchev–Trinajstić information content (AvgIpc) is 2.84. The molecule has 0 fully saturated rings. The Bertz CT molecular complexity index is 538. The molecule has 0 aromatic carbocycles. The molecule has 0 atom stereocenters. The van der Waals surface area contributed by atoms with E-state index in [1.54, 1.807) is 17.8 Å². The van der Waals surface area contributed by atoms with Gasteiger partial charge in [0.25, 0.3) is 5.69 Å². The molecule has 0 amide bonds. The molecule has 7 heteroatoms. The molecule has 0 aliphatic carbocycles. The normalized spacial score (nSPS) is 10.3. The highest BCUT2D eigenvalue weighted by Gasteiger charge is 2.11. The van der Waals surface area contributed by atoms with Crippen LogP contribution in [0.4, 0.5) is 11.5 Å². The predicted octanol–water partition coefficient (Wildman–Crippen LogP) is 1.61. The standard InChI is InChI=1S/C11H13N5O2/c1-9-8-13-11(7-10(9)16(17)18)12-4-6-15-5-2-3-14-15/h2-3,5,7-8H,4,6H2,1H3,(H,12,13). The zero-order valence-corrected chi connectivity index (χ0v) is 9.91. The summed E-state index contributed by atoms with van der Waals surface area (Å²) in [6.45, 7) is 2.95. The molecule has 18 heavy (non-hydrogen) atoms. The Morgan fingerprint density at radius 1 is 1.56 bits per heavy atom. The Balaban J connectivity index is 1.97. The highest BCUT2D eigenvalue weighted by molar-refractivity contribution is 5.48. The van der Waals surface area contributed by atoms with Crippen LogP contribution < -0.4 is 5.32 Å². The fraction of sp³-hybridized carbons (Fsp3) is 0.273. The fourth-order valence-corrected chi connectivity index (χ4v) is 1.54. The second kappa shape index (κ2) is 5.26. The second-order valence-electron chi connectivity index (χ2n) is 3.81. The van der Waals surface area contributed by atoms with Crippen molar-refractivity contribution in [1.82, 2.24) is 14.8 Å². The molecule has 2 heterocycles. The summed E-state index contributed by atoms with van der Waals surface area (Å²) in [7, 11) is 0. The molecule has 0 unspecified atom stereocenters. The maximum absolute atomic E-state index is 10.8. The van der Waals surface area contributed by atoms with E-state index in [4.69, 9.17) is 0 Å². The number of aromatic nitrogens is 3. The summed E-state index contributed by atoms with van der Waals surface area (Å²) in [5, 5.41) is 17.9. The van der Waals surface area contributed by atoms with Crippen LogP contribution in [-0.4, -0.2) is 26.2 Å². The van der Waals surface area contributed by atoms with Crippen molar-refractivity contribution in [1.29, 1.82) is 0 Å². The molecular formula is C11H13N5O2. The third kappa shape index (κ3) is 2.82. The Labute approximate surface area is 104 Å². The van der Waals surface area contributed by atoms with Gasteiger partial charge in [-0.3, -0.25) is 14.8 Å². The van der Waals surface area contributed by atoms with Gasteiger partial charge in [-0.1, -0.05) is 0 Å². The Morgan fingerprint density at radius 2 is 2.39 bits per heavy atom. The van der Waals surface area contributed by atoms with E-state index in [9.17, 15) is 10.1 Å². The molecule has 0 spiro atoms. The maximum atomic E-state index is 10.8. The summed E-state index contributed by atoms with van der Waals surface area (Å²) in [5.41, 5.74) is 0.629. The molecule has 0 radical (unpaired) electrons. The molecule has 2 aromatic heterocycles. The van der Waals surface area contributed by atoms with Gasteiger partial charge < -0.3 is 5.32 Å². The van der Waals surface area contributed by atoms with Crippen LogP contribution in [0.25, 0.3) is 0 Å². The smallest absolute Gasteiger partial charge is 0.277 e. The topological polar surface area (TPSA) is 85.9 Å². The third-order valence-electron chi connectivity index (χ3n) is 2.48. The van der Waals surface area contributed by atoms with Gasteiger partial charge in [-0.2, -0.15) is 5.10 Å². The number of nitro groups is 1. The molecule has 0 saturated carbocycles. The number of hydrogen-bond donors (Lipinski definition) is 1. The highest BCUT2D eigenvalue weighted by atomic mass is 16.6. The van der Waals surface area contributed by atoms with Gasteiger partial charge >= 0.3 is 0 Å². The predicted molar refractivity (Wildman–Crippen MR) is 66.3 cm³/mol. The van der Waals surface area contributed by atoms with Crippen LogP contribution in [0.1, 0.15) is 5.56 Å². The van der Waals surface area contributed by atoms with Crippen LogP contribution in [0.3, 0.4) is 0 Å². The Morgan fingerprint density at radius 3 is 3.06 bits per heavy atom. The number of pyridine rings is 1. The maximum Gasteiger partial charge on any atom is 0.277 e. The molecule has 2 aromatic rings. The summed E-state index contributed by atoms with van der Waals surface area (Å²) in [5.74, 6) is 0.499. The number of anilines is 1. The van der Waals surface area contributed by atoms with Crippen molar-refractivity contribution >= 4 is 11.5 Å². The highest BCUT2D eigenvalue weighted by Crippen LogP contribution is 2.19. The lowest BCUT2D eigenvalue weighted by molar-refractivity contribution is -0.385. The molecule has 0 saturated heterocycles. The van der Waals surface area contributed by atoms with Crippen molar-refractivity contribution < 1.29 is 4.92 Å². The monoisotopic (exact) mass is 247 g/mol.